The zero-order valence-corrected chi connectivity index (χ0v) is 18.2. The number of ether oxygens (including phenoxy) is 3. The number of morpholine rings is 1. The number of nitrogens with zero attached hydrogens (tertiary/aromatic N) is 2. The van der Waals surface area contributed by atoms with Gasteiger partial charge in [0.1, 0.15) is 11.5 Å². The zero-order chi connectivity index (χ0) is 22.9. The molecule has 0 unspecified atom stereocenters. The highest BCUT2D eigenvalue weighted by Crippen LogP contribution is 2.39. The van der Waals surface area contributed by atoms with Crippen LogP contribution in [0.2, 0.25) is 0 Å². The van der Waals surface area contributed by atoms with Gasteiger partial charge in [-0.15, -0.1) is 0 Å². The second-order valence-electron chi connectivity index (χ2n) is 6.95. The largest absolute Gasteiger partial charge is 0.492 e. The third-order valence-corrected chi connectivity index (χ3v) is 4.80. The van der Waals surface area contributed by atoms with E-state index in [1.54, 1.807) is 24.3 Å². The molecule has 1 amide bonds. The standard InChI is InChI=1S/C23H27N3O6/c1-3-31-21-16-20(25-11-13-30-14-12-25)22(32-4-2)15-19(21)24-23(27)10-7-17-5-8-18(9-6-17)26(28)29/h5-10,15-16H,3-4,11-14H2,1-2H3,(H,24,27)/b10-7+. The summed E-state index contributed by atoms with van der Waals surface area (Å²) in [6.45, 7) is 7.49. The molecule has 1 fully saturated rings. The molecule has 0 aliphatic carbocycles. The summed E-state index contributed by atoms with van der Waals surface area (Å²) in [6, 6.07) is 9.61. The van der Waals surface area contributed by atoms with Gasteiger partial charge in [0.15, 0.2) is 0 Å². The predicted octanol–water partition coefficient (Wildman–Crippen LogP) is 3.88. The smallest absolute Gasteiger partial charge is 0.269 e. The first-order valence-corrected chi connectivity index (χ1v) is 10.5. The fourth-order valence-corrected chi connectivity index (χ4v) is 3.30. The first-order valence-electron chi connectivity index (χ1n) is 10.5. The Morgan fingerprint density at radius 2 is 1.78 bits per heavy atom. The Kier molecular flexibility index (Phi) is 8.04. The van der Waals surface area contributed by atoms with Crippen LogP contribution < -0.4 is 19.7 Å². The van der Waals surface area contributed by atoms with Crippen molar-refractivity contribution in [1.29, 1.82) is 0 Å². The minimum absolute atomic E-state index is 0.00299. The van der Waals surface area contributed by atoms with Gasteiger partial charge in [-0.25, -0.2) is 0 Å². The van der Waals surface area contributed by atoms with Crippen LogP contribution in [0.1, 0.15) is 19.4 Å². The van der Waals surface area contributed by atoms with E-state index < -0.39 is 4.92 Å². The minimum Gasteiger partial charge on any atom is -0.492 e. The number of rotatable bonds is 9. The van der Waals surface area contributed by atoms with E-state index >= 15 is 0 Å². The first kappa shape index (κ1) is 23.1. The van der Waals surface area contributed by atoms with Gasteiger partial charge in [0.2, 0.25) is 5.91 Å². The molecule has 1 aliphatic heterocycles. The molecular weight excluding hydrogens is 414 g/mol. The summed E-state index contributed by atoms with van der Waals surface area (Å²) in [5, 5.41) is 13.6. The number of carbonyl (C=O) groups is 1. The maximum Gasteiger partial charge on any atom is 0.269 e. The third kappa shape index (κ3) is 5.98. The molecule has 1 aliphatic rings. The molecule has 2 aromatic rings. The fraction of sp³-hybridized carbons (Fsp3) is 0.348. The number of carbonyl (C=O) groups excluding carboxylic acids is 1. The summed E-state index contributed by atoms with van der Waals surface area (Å²) >= 11 is 0. The van der Waals surface area contributed by atoms with Crippen LogP contribution in [0.3, 0.4) is 0 Å². The molecule has 0 atom stereocenters. The molecule has 0 saturated carbocycles. The average Bonchev–Trinajstić information content (AvgIpc) is 2.80. The van der Waals surface area contributed by atoms with Crippen molar-refractivity contribution in [2.45, 2.75) is 13.8 Å². The monoisotopic (exact) mass is 441 g/mol. The molecule has 2 aromatic carbocycles. The number of non-ortho nitro benzene ring substituents is 1. The van der Waals surface area contributed by atoms with Crippen molar-refractivity contribution in [2.75, 3.05) is 49.7 Å². The van der Waals surface area contributed by atoms with E-state index in [0.717, 1.165) is 18.8 Å². The Hall–Kier alpha value is -3.59. The molecule has 9 nitrogen and oxygen atoms in total. The summed E-state index contributed by atoms with van der Waals surface area (Å²) in [5.41, 5.74) is 2.08. The van der Waals surface area contributed by atoms with Gasteiger partial charge in [-0.3, -0.25) is 14.9 Å². The normalized spacial score (nSPS) is 13.8. The van der Waals surface area contributed by atoms with Gasteiger partial charge < -0.3 is 24.4 Å². The van der Waals surface area contributed by atoms with Crippen molar-refractivity contribution in [1.82, 2.24) is 0 Å². The molecule has 32 heavy (non-hydrogen) atoms. The molecule has 170 valence electrons. The predicted molar refractivity (Wildman–Crippen MR) is 123 cm³/mol. The molecular formula is C23H27N3O6. The highest BCUT2D eigenvalue weighted by Gasteiger charge is 2.20. The van der Waals surface area contributed by atoms with Gasteiger partial charge in [0.25, 0.3) is 5.69 Å². The number of anilines is 2. The van der Waals surface area contributed by atoms with Gasteiger partial charge >= 0.3 is 0 Å². The van der Waals surface area contributed by atoms with Crippen LogP contribution in [0.5, 0.6) is 11.5 Å². The molecule has 1 N–H and O–H groups in total. The van der Waals surface area contributed by atoms with Crippen LogP contribution in [0, 0.1) is 10.1 Å². The van der Waals surface area contributed by atoms with Gasteiger partial charge in [-0.2, -0.15) is 0 Å². The summed E-state index contributed by atoms with van der Waals surface area (Å²) in [4.78, 5) is 25.0. The number of benzene rings is 2. The van der Waals surface area contributed by atoms with Crippen molar-refractivity contribution in [3.63, 3.8) is 0 Å². The maximum atomic E-state index is 12.5. The fourth-order valence-electron chi connectivity index (χ4n) is 3.30. The second kappa shape index (κ2) is 11.1. The number of nitrogens with one attached hydrogen (secondary N) is 1. The number of hydrogen-bond acceptors (Lipinski definition) is 7. The van der Waals surface area contributed by atoms with Gasteiger partial charge in [-0.05, 0) is 37.6 Å². The molecule has 0 radical (unpaired) electrons. The zero-order valence-electron chi connectivity index (χ0n) is 18.2. The summed E-state index contributed by atoms with van der Waals surface area (Å²) in [5.74, 6) is 0.855. The highest BCUT2D eigenvalue weighted by molar-refractivity contribution is 6.03. The van der Waals surface area contributed by atoms with Crippen molar-refractivity contribution < 1.29 is 23.9 Å². The van der Waals surface area contributed by atoms with Gasteiger partial charge in [-0.1, -0.05) is 0 Å². The maximum absolute atomic E-state index is 12.5. The van der Waals surface area contributed by atoms with Crippen LogP contribution in [0.4, 0.5) is 17.1 Å². The summed E-state index contributed by atoms with van der Waals surface area (Å²) in [6.07, 6.45) is 2.96. The molecule has 0 aromatic heterocycles. The number of nitro benzene ring substituents is 1. The Balaban J connectivity index is 1.80. The lowest BCUT2D eigenvalue weighted by Gasteiger charge is -2.31. The van der Waals surface area contributed by atoms with Crippen molar-refractivity contribution in [2.24, 2.45) is 0 Å². The van der Waals surface area contributed by atoms with E-state index in [1.807, 2.05) is 19.9 Å². The van der Waals surface area contributed by atoms with E-state index in [4.69, 9.17) is 14.2 Å². The second-order valence-corrected chi connectivity index (χ2v) is 6.95. The molecule has 3 rings (SSSR count). The van der Waals surface area contributed by atoms with Crippen molar-refractivity contribution in [3.05, 3.63) is 58.2 Å². The summed E-state index contributed by atoms with van der Waals surface area (Å²) in [7, 11) is 0. The van der Waals surface area contributed by atoms with E-state index in [0.29, 0.717) is 49.2 Å². The minimum atomic E-state index is -0.466. The molecule has 1 saturated heterocycles. The number of hydrogen-bond donors (Lipinski definition) is 1. The van der Waals surface area contributed by atoms with Crippen LogP contribution in [0.25, 0.3) is 6.08 Å². The summed E-state index contributed by atoms with van der Waals surface area (Å²) < 4.78 is 17.1. The van der Waals surface area contributed by atoms with Gasteiger partial charge in [0, 0.05) is 43.4 Å². The van der Waals surface area contributed by atoms with Gasteiger partial charge in [0.05, 0.1) is 42.7 Å². The van der Waals surface area contributed by atoms with Crippen LogP contribution in [-0.4, -0.2) is 50.3 Å². The van der Waals surface area contributed by atoms with Crippen molar-refractivity contribution >= 4 is 29.0 Å². The lowest BCUT2D eigenvalue weighted by Crippen LogP contribution is -2.36. The Bertz CT molecular complexity index is 968. The SMILES string of the molecule is CCOc1cc(N2CCOCC2)c(OCC)cc1NC(=O)/C=C/c1ccc([N+](=O)[O-])cc1. The number of nitro groups is 1. The average molecular weight is 441 g/mol. The Morgan fingerprint density at radius 3 is 2.41 bits per heavy atom. The number of amides is 1. The molecule has 0 spiro atoms. The molecule has 1 heterocycles. The van der Waals surface area contributed by atoms with E-state index in [-0.39, 0.29) is 11.6 Å². The van der Waals surface area contributed by atoms with Crippen LogP contribution in [0.15, 0.2) is 42.5 Å². The highest BCUT2D eigenvalue weighted by atomic mass is 16.6. The van der Waals surface area contributed by atoms with Crippen LogP contribution >= 0.6 is 0 Å². The van der Waals surface area contributed by atoms with E-state index in [1.165, 1.54) is 18.2 Å². The van der Waals surface area contributed by atoms with E-state index in [9.17, 15) is 14.9 Å². The first-order chi connectivity index (χ1) is 15.5. The lowest BCUT2D eigenvalue weighted by molar-refractivity contribution is -0.384. The van der Waals surface area contributed by atoms with Crippen molar-refractivity contribution in [3.8, 4) is 11.5 Å². The quantitative estimate of drug-likeness (QED) is 0.358. The lowest BCUT2D eigenvalue weighted by atomic mass is 10.2. The Morgan fingerprint density at radius 1 is 1.12 bits per heavy atom. The van der Waals surface area contributed by atoms with E-state index in [2.05, 4.69) is 10.2 Å². The Labute approximate surface area is 186 Å². The van der Waals surface area contributed by atoms with Crippen LogP contribution in [-0.2, 0) is 9.53 Å². The topological polar surface area (TPSA) is 103 Å². The molecule has 0 bridgehead atoms. The molecule has 9 heteroatoms. The third-order valence-electron chi connectivity index (χ3n) is 4.80.